The van der Waals surface area contributed by atoms with Crippen LogP contribution >= 0.6 is 23.2 Å². The second kappa shape index (κ2) is 9.77. The molecule has 0 saturated heterocycles. The number of aryl methyl sites for hydroxylation is 1. The molecule has 0 aliphatic rings. The Morgan fingerprint density at radius 2 is 1.53 bits per heavy atom. The average Bonchev–Trinajstić information content (AvgIpc) is 3.24. The smallest absolute Gasteiger partial charge is 0.313 e. The molecule has 0 aliphatic carbocycles. The highest BCUT2D eigenvalue weighted by Gasteiger charge is 2.32. The monoisotopic (exact) mass is 558 g/mol. The van der Waals surface area contributed by atoms with E-state index in [1.54, 1.807) is 62.5 Å². The summed E-state index contributed by atoms with van der Waals surface area (Å²) in [6, 6.07) is 16.2. The summed E-state index contributed by atoms with van der Waals surface area (Å²) in [7, 11) is 1.59. The highest BCUT2D eigenvalue weighted by molar-refractivity contribution is 6.31. The fourth-order valence-electron chi connectivity index (χ4n) is 4.06. The van der Waals surface area contributed by atoms with E-state index in [1.165, 1.54) is 20.0 Å². The van der Waals surface area contributed by atoms with Crippen LogP contribution in [0, 0.1) is 0 Å². The maximum atomic E-state index is 13.4. The van der Waals surface area contributed by atoms with Gasteiger partial charge in [0.1, 0.15) is 5.69 Å². The Hall–Kier alpha value is -3.89. The molecule has 0 bridgehead atoms. The summed E-state index contributed by atoms with van der Waals surface area (Å²) in [5, 5.41) is 5.66. The maximum Gasteiger partial charge on any atom is 0.433 e. The van der Waals surface area contributed by atoms with Crippen molar-refractivity contribution in [2.45, 2.75) is 19.6 Å². The highest BCUT2D eigenvalue weighted by atomic mass is 35.5. The number of fused-ring (bicyclic) bond motifs is 1. The molecule has 0 saturated carbocycles. The van der Waals surface area contributed by atoms with Crippen molar-refractivity contribution in [3.63, 3.8) is 0 Å². The van der Waals surface area contributed by atoms with Gasteiger partial charge >= 0.3 is 11.9 Å². The van der Waals surface area contributed by atoms with Crippen LogP contribution in [0.1, 0.15) is 12.6 Å². The van der Waals surface area contributed by atoms with Gasteiger partial charge < -0.3 is 4.90 Å². The van der Waals surface area contributed by atoms with Gasteiger partial charge in [0, 0.05) is 29.2 Å². The molecule has 0 amide bonds. The fraction of sp³-hybridized carbons (Fsp3) is 0.154. The number of benzene rings is 2. The minimum absolute atomic E-state index is 0.147. The predicted molar refractivity (Wildman–Crippen MR) is 141 cm³/mol. The largest absolute Gasteiger partial charge is 0.433 e. The van der Waals surface area contributed by atoms with E-state index in [2.05, 4.69) is 10.1 Å². The van der Waals surface area contributed by atoms with Gasteiger partial charge in [-0.3, -0.25) is 0 Å². The van der Waals surface area contributed by atoms with E-state index in [9.17, 15) is 18.0 Å². The molecule has 3 aromatic heterocycles. The first kappa shape index (κ1) is 25.7. The first-order valence-electron chi connectivity index (χ1n) is 11.4. The molecule has 5 aromatic rings. The van der Waals surface area contributed by atoms with Gasteiger partial charge in [0.25, 0.3) is 0 Å². The zero-order valence-electron chi connectivity index (χ0n) is 20.0. The van der Waals surface area contributed by atoms with Crippen LogP contribution in [-0.4, -0.2) is 31.2 Å². The van der Waals surface area contributed by atoms with Crippen LogP contribution < -0.4 is 10.6 Å². The number of nitrogens with zero attached hydrogens (tertiary/aromatic N) is 6. The summed E-state index contributed by atoms with van der Waals surface area (Å²) in [4.78, 5) is 23.3. The predicted octanol–water partition coefficient (Wildman–Crippen LogP) is 6.73. The lowest BCUT2D eigenvalue weighted by molar-refractivity contribution is -0.141. The minimum Gasteiger partial charge on any atom is -0.313 e. The number of hydrogen-bond acceptors (Lipinski definition) is 5. The van der Waals surface area contributed by atoms with Gasteiger partial charge in [-0.05, 0) is 48.9 Å². The van der Waals surface area contributed by atoms with Crippen LogP contribution in [0.15, 0.2) is 71.7 Å². The summed E-state index contributed by atoms with van der Waals surface area (Å²) in [6.45, 7) is 2.08. The third-order valence-corrected chi connectivity index (χ3v) is 6.49. The van der Waals surface area contributed by atoms with Crippen LogP contribution in [-0.2, 0) is 12.7 Å². The fourth-order valence-corrected chi connectivity index (χ4v) is 4.31. The lowest BCUT2D eigenvalue weighted by Gasteiger charge is -2.21. The van der Waals surface area contributed by atoms with Crippen LogP contribution in [0.25, 0.3) is 28.0 Å². The molecule has 194 valence electrons. The summed E-state index contributed by atoms with van der Waals surface area (Å²) < 4.78 is 41.9. The molecular weight excluding hydrogens is 540 g/mol. The number of pyridine rings is 1. The molecule has 2 aromatic carbocycles. The second-order valence-corrected chi connectivity index (χ2v) is 9.24. The van der Waals surface area contributed by atoms with Gasteiger partial charge in [-0.1, -0.05) is 47.5 Å². The normalized spacial score (nSPS) is 11.8. The number of hydrogen-bond donors (Lipinski definition) is 0. The molecule has 0 aliphatic heterocycles. The number of aromatic nitrogens is 5. The molecule has 0 radical (unpaired) electrons. The van der Waals surface area contributed by atoms with Gasteiger partial charge in [-0.2, -0.15) is 13.2 Å². The summed E-state index contributed by atoms with van der Waals surface area (Å²) in [6.07, 6.45) is -3.50. The van der Waals surface area contributed by atoms with Gasteiger partial charge in [0.15, 0.2) is 5.65 Å². The zero-order chi connectivity index (χ0) is 27.2. The Labute approximate surface area is 224 Å². The maximum absolute atomic E-state index is 13.4. The molecule has 7 nitrogen and oxygen atoms in total. The summed E-state index contributed by atoms with van der Waals surface area (Å²) in [5.41, 5.74) is 1.63. The Kier molecular flexibility index (Phi) is 6.62. The van der Waals surface area contributed by atoms with E-state index >= 15 is 0 Å². The number of anilines is 2. The lowest BCUT2D eigenvalue weighted by atomic mass is 10.00. The molecule has 38 heavy (non-hydrogen) atoms. The second-order valence-electron chi connectivity index (χ2n) is 8.36. The van der Waals surface area contributed by atoms with Crippen molar-refractivity contribution in [3.8, 4) is 22.4 Å². The molecule has 0 unspecified atom stereocenters. The van der Waals surface area contributed by atoms with E-state index in [-0.39, 0.29) is 5.95 Å². The van der Waals surface area contributed by atoms with E-state index in [1.807, 2.05) is 0 Å². The van der Waals surface area contributed by atoms with Crippen molar-refractivity contribution < 1.29 is 13.2 Å². The highest BCUT2D eigenvalue weighted by Crippen LogP contribution is 2.37. The summed E-state index contributed by atoms with van der Waals surface area (Å²) >= 11 is 12.3. The molecule has 0 fully saturated rings. The van der Waals surface area contributed by atoms with Crippen molar-refractivity contribution in [2.75, 3.05) is 11.9 Å². The van der Waals surface area contributed by atoms with Crippen LogP contribution in [0.5, 0.6) is 0 Å². The first-order chi connectivity index (χ1) is 18.1. The molecule has 5 rings (SSSR count). The van der Waals surface area contributed by atoms with Gasteiger partial charge in [-0.15, -0.1) is 5.10 Å². The lowest BCUT2D eigenvalue weighted by Crippen LogP contribution is -2.25. The molecule has 0 atom stereocenters. The van der Waals surface area contributed by atoms with Crippen molar-refractivity contribution in [2.24, 2.45) is 0 Å². The molecule has 0 spiro atoms. The van der Waals surface area contributed by atoms with Crippen molar-refractivity contribution >= 4 is 40.5 Å². The van der Waals surface area contributed by atoms with Crippen molar-refractivity contribution in [1.29, 1.82) is 0 Å². The molecule has 12 heteroatoms. The standard InChI is InChI=1S/C26H19Cl2F3N6O/c1-3-36-25(38)37-23(34-36)21(15-4-8-17(27)9-5-15)22(16-6-10-18(28)11-7-16)33-24(37)35(2)19-12-13-20(32-14-19)26(29,30)31/h4-14H,3H2,1-2H3. The van der Waals surface area contributed by atoms with Gasteiger partial charge in [0.2, 0.25) is 5.95 Å². The van der Waals surface area contributed by atoms with Crippen molar-refractivity contribution in [3.05, 3.63) is 93.1 Å². The average molecular weight is 559 g/mol. The molecule has 0 N–H and O–H groups in total. The Bertz CT molecular complexity index is 1680. The Morgan fingerprint density at radius 1 is 0.921 bits per heavy atom. The van der Waals surface area contributed by atoms with E-state index in [0.29, 0.717) is 44.7 Å². The third-order valence-electron chi connectivity index (χ3n) is 5.99. The van der Waals surface area contributed by atoms with E-state index in [0.717, 1.165) is 17.8 Å². The topological polar surface area (TPSA) is 68.3 Å². The van der Waals surface area contributed by atoms with E-state index < -0.39 is 17.6 Å². The minimum atomic E-state index is -4.58. The first-order valence-corrected chi connectivity index (χ1v) is 12.2. The molecular formula is C26H19Cl2F3N6O. The SMILES string of the molecule is CCn1nc2c(-c3ccc(Cl)cc3)c(-c3ccc(Cl)cc3)nc(N(C)c3ccc(C(F)(F)F)nc3)n2c1=O. The van der Waals surface area contributed by atoms with Crippen molar-refractivity contribution in [1.82, 2.24) is 24.1 Å². The van der Waals surface area contributed by atoms with Gasteiger partial charge in [-0.25, -0.2) is 23.8 Å². The third kappa shape index (κ3) is 4.61. The van der Waals surface area contributed by atoms with Crippen LogP contribution in [0.2, 0.25) is 10.0 Å². The van der Waals surface area contributed by atoms with E-state index in [4.69, 9.17) is 28.2 Å². The molecule has 3 heterocycles. The quantitative estimate of drug-likeness (QED) is 0.239. The summed E-state index contributed by atoms with van der Waals surface area (Å²) in [5.74, 6) is 0.147. The number of halogens is 5. The Balaban J connectivity index is 1.82. The zero-order valence-corrected chi connectivity index (χ0v) is 21.6. The van der Waals surface area contributed by atoms with Crippen LogP contribution in [0.4, 0.5) is 24.8 Å². The van der Waals surface area contributed by atoms with Crippen LogP contribution in [0.3, 0.4) is 0 Å². The Morgan fingerprint density at radius 3 is 2.05 bits per heavy atom. The number of rotatable bonds is 5. The van der Waals surface area contributed by atoms with Gasteiger partial charge in [0.05, 0.1) is 23.1 Å². The number of alkyl halides is 3.